The lowest BCUT2D eigenvalue weighted by atomic mass is 10.1. The number of methoxy groups -OCH3 is 1. The van der Waals surface area contributed by atoms with Crippen molar-refractivity contribution >= 4 is 19.2 Å². The topological polar surface area (TPSA) is 44.8 Å². The maximum Gasteiger partial charge on any atom is 0.363 e. The lowest BCUT2D eigenvalue weighted by Gasteiger charge is -2.24. The van der Waals surface area contributed by atoms with Gasteiger partial charge in [0.1, 0.15) is 0 Å². The third-order valence-corrected chi connectivity index (χ3v) is 5.10. The van der Waals surface area contributed by atoms with E-state index < -0.39 is 13.4 Å². The van der Waals surface area contributed by atoms with E-state index in [4.69, 9.17) is 25.4 Å². The van der Waals surface area contributed by atoms with Crippen molar-refractivity contribution in [3.05, 3.63) is 34.3 Å². The van der Waals surface area contributed by atoms with Crippen LogP contribution in [0.5, 0.6) is 0 Å². The van der Waals surface area contributed by atoms with Gasteiger partial charge in [-0.2, -0.15) is 0 Å². The van der Waals surface area contributed by atoms with Crippen LogP contribution in [0.1, 0.15) is 17.0 Å². The Morgan fingerprint density at radius 3 is 2.29 bits per heavy atom. The van der Waals surface area contributed by atoms with E-state index >= 15 is 0 Å². The monoisotopic (exact) mass is 278 g/mol. The standard InChI is InChI=1S/C11H16ClO4P/c1-8-6-5-7-9(10(8)12)11(14-2)17(13,15-3)16-4/h5-7,11H,1-4H3. The quantitative estimate of drug-likeness (QED) is 0.769. The van der Waals surface area contributed by atoms with Crippen molar-refractivity contribution in [1.82, 2.24) is 0 Å². The van der Waals surface area contributed by atoms with Gasteiger partial charge in [-0.05, 0) is 12.5 Å². The molecule has 0 N–H and O–H groups in total. The molecule has 1 aromatic rings. The van der Waals surface area contributed by atoms with Gasteiger partial charge in [-0.1, -0.05) is 29.8 Å². The van der Waals surface area contributed by atoms with Gasteiger partial charge in [0, 0.05) is 31.9 Å². The second-order valence-corrected chi connectivity index (χ2v) is 6.13. The number of hydrogen-bond acceptors (Lipinski definition) is 4. The van der Waals surface area contributed by atoms with Crippen LogP contribution in [-0.4, -0.2) is 21.3 Å². The SMILES string of the molecule is COC(c1cccc(C)c1Cl)P(=O)(OC)OC. The molecule has 0 saturated carbocycles. The van der Waals surface area contributed by atoms with Crippen molar-refractivity contribution in [2.75, 3.05) is 21.3 Å². The molecular formula is C11H16ClO4P. The molecule has 0 bridgehead atoms. The average Bonchev–Trinajstić information content (AvgIpc) is 2.35. The predicted octanol–water partition coefficient (Wildman–Crippen LogP) is 3.78. The summed E-state index contributed by atoms with van der Waals surface area (Å²) in [6.07, 6.45) is 0. The Morgan fingerprint density at radius 1 is 1.24 bits per heavy atom. The molecule has 17 heavy (non-hydrogen) atoms. The summed E-state index contributed by atoms with van der Waals surface area (Å²) in [5, 5.41) is 0.508. The number of hydrogen-bond donors (Lipinski definition) is 0. The third-order valence-electron chi connectivity index (χ3n) is 2.51. The molecule has 0 aliphatic carbocycles. The van der Waals surface area contributed by atoms with Crippen molar-refractivity contribution in [3.8, 4) is 0 Å². The second kappa shape index (κ2) is 5.98. The molecule has 0 heterocycles. The van der Waals surface area contributed by atoms with Gasteiger partial charge in [-0.3, -0.25) is 4.57 Å². The minimum absolute atomic E-state index is 0.508. The first-order valence-corrected chi connectivity index (χ1v) is 6.98. The van der Waals surface area contributed by atoms with Crippen LogP contribution in [0.2, 0.25) is 5.02 Å². The van der Waals surface area contributed by atoms with E-state index in [0.717, 1.165) is 5.56 Å². The molecule has 96 valence electrons. The molecule has 0 spiro atoms. The molecule has 1 aromatic carbocycles. The Labute approximate surface area is 106 Å². The highest BCUT2D eigenvalue weighted by molar-refractivity contribution is 7.54. The fraction of sp³-hybridized carbons (Fsp3) is 0.455. The predicted molar refractivity (Wildman–Crippen MR) is 67.6 cm³/mol. The molecular weight excluding hydrogens is 263 g/mol. The van der Waals surface area contributed by atoms with Crippen LogP contribution in [0.3, 0.4) is 0 Å². The lowest BCUT2D eigenvalue weighted by molar-refractivity contribution is 0.123. The molecule has 6 heteroatoms. The lowest BCUT2D eigenvalue weighted by Crippen LogP contribution is -2.07. The Kier molecular flexibility index (Phi) is 5.17. The van der Waals surface area contributed by atoms with Gasteiger partial charge >= 0.3 is 7.60 Å². The van der Waals surface area contributed by atoms with E-state index in [1.807, 2.05) is 19.1 Å². The van der Waals surface area contributed by atoms with Gasteiger partial charge in [0.25, 0.3) is 0 Å². The Hall–Kier alpha value is -0.380. The first-order chi connectivity index (χ1) is 8.00. The summed E-state index contributed by atoms with van der Waals surface area (Å²) in [6, 6.07) is 5.43. The van der Waals surface area contributed by atoms with Crippen LogP contribution >= 0.6 is 19.2 Å². The zero-order valence-corrected chi connectivity index (χ0v) is 11.9. The van der Waals surface area contributed by atoms with Gasteiger partial charge in [0.2, 0.25) is 0 Å². The minimum Gasteiger partial charge on any atom is -0.364 e. The van der Waals surface area contributed by atoms with Crippen LogP contribution in [-0.2, 0) is 18.3 Å². The average molecular weight is 279 g/mol. The van der Waals surface area contributed by atoms with E-state index in [1.54, 1.807) is 6.07 Å². The minimum atomic E-state index is -3.37. The molecule has 1 unspecified atom stereocenters. The molecule has 1 atom stereocenters. The van der Waals surface area contributed by atoms with Crippen molar-refractivity contribution < 1.29 is 18.3 Å². The summed E-state index contributed by atoms with van der Waals surface area (Å²) >= 11 is 6.17. The Morgan fingerprint density at radius 2 is 1.82 bits per heavy atom. The highest BCUT2D eigenvalue weighted by Gasteiger charge is 2.37. The zero-order valence-electron chi connectivity index (χ0n) is 10.3. The summed E-state index contributed by atoms with van der Waals surface area (Å²) in [5.41, 5.74) is 1.48. The molecule has 0 aliphatic rings. The highest BCUT2D eigenvalue weighted by Crippen LogP contribution is 2.61. The van der Waals surface area contributed by atoms with Gasteiger partial charge in [-0.25, -0.2) is 0 Å². The van der Waals surface area contributed by atoms with Crippen LogP contribution in [0, 0.1) is 6.92 Å². The summed E-state index contributed by atoms with van der Waals surface area (Å²) in [5.74, 6) is -0.829. The fourth-order valence-electron chi connectivity index (χ4n) is 1.55. The molecule has 0 fully saturated rings. The zero-order chi connectivity index (χ0) is 13.1. The van der Waals surface area contributed by atoms with E-state index in [-0.39, 0.29) is 0 Å². The summed E-state index contributed by atoms with van der Waals surface area (Å²) in [7, 11) is 0.711. The molecule has 0 saturated heterocycles. The number of benzene rings is 1. The molecule has 4 nitrogen and oxygen atoms in total. The van der Waals surface area contributed by atoms with Crippen molar-refractivity contribution in [3.63, 3.8) is 0 Å². The van der Waals surface area contributed by atoms with Gasteiger partial charge < -0.3 is 13.8 Å². The van der Waals surface area contributed by atoms with Gasteiger partial charge in [-0.15, -0.1) is 0 Å². The first-order valence-electron chi connectivity index (χ1n) is 4.99. The van der Waals surface area contributed by atoms with Crippen LogP contribution < -0.4 is 0 Å². The largest absolute Gasteiger partial charge is 0.364 e. The van der Waals surface area contributed by atoms with Crippen LogP contribution in [0.4, 0.5) is 0 Å². The number of aryl methyl sites for hydroxylation is 1. The van der Waals surface area contributed by atoms with Crippen molar-refractivity contribution in [1.29, 1.82) is 0 Å². The van der Waals surface area contributed by atoms with Gasteiger partial charge in [0.15, 0.2) is 5.85 Å². The first kappa shape index (κ1) is 14.7. The summed E-state index contributed by atoms with van der Waals surface area (Å²) in [6.45, 7) is 1.86. The van der Waals surface area contributed by atoms with Crippen LogP contribution in [0.15, 0.2) is 18.2 Å². The normalized spacial score (nSPS) is 13.7. The van der Waals surface area contributed by atoms with E-state index in [1.165, 1.54) is 21.3 Å². The van der Waals surface area contributed by atoms with Crippen LogP contribution in [0.25, 0.3) is 0 Å². The number of rotatable bonds is 5. The van der Waals surface area contributed by atoms with Gasteiger partial charge in [0.05, 0.1) is 0 Å². The summed E-state index contributed by atoms with van der Waals surface area (Å²) < 4.78 is 27.4. The number of halogens is 1. The second-order valence-electron chi connectivity index (χ2n) is 3.47. The Balaban J connectivity index is 3.27. The molecule has 0 radical (unpaired) electrons. The Bertz CT molecular complexity index is 427. The van der Waals surface area contributed by atoms with Crippen molar-refractivity contribution in [2.45, 2.75) is 12.8 Å². The molecule has 0 aromatic heterocycles. The molecule has 1 rings (SSSR count). The summed E-state index contributed by atoms with van der Waals surface area (Å²) in [4.78, 5) is 0. The van der Waals surface area contributed by atoms with E-state index in [0.29, 0.717) is 10.6 Å². The molecule has 0 amide bonds. The van der Waals surface area contributed by atoms with E-state index in [2.05, 4.69) is 0 Å². The maximum atomic E-state index is 12.3. The van der Waals surface area contributed by atoms with E-state index in [9.17, 15) is 4.57 Å². The fourth-order valence-corrected chi connectivity index (χ4v) is 3.20. The maximum absolute atomic E-state index is 12.3. The number of ether oxygens (including phenoxy) is 1. The third kappa shape index (κ3) is 2.90. The highest BCUT2D eigenvalue weighted by atomic mass is 35.5. The smallest absolute Gasteiger partial charge is 0.363 e. The molecule has 0 aliphatic heterocycles. The van der Waals surface area contributed by atoms with Crippen molar-refractivity contribution in [2.24, 2.45) is 0 Å².